The minimum atomic E-state index is -1.14. The van der Waals surface area contributed by atoms with E-state index >= 15 is 0 Å². The summed E-state index contributed by atoms with van der Waals surface area (Å²) in [4.78, 5) is 22.0. The van der Waals surface area contributed by atoms with Crippen molar-refractivity contribution in [2.24, 2.45) is 0 Å². The van der Waals surface area contributed by atoms with Gasteiger partial charge in [-0.05, 0) is 6.42 Å². The third-order valence-corrected chi connectivity index (χ3v) is 2.34. The summed E-state index contributed by atoms with van der Waals surface area (Å²) in [6.45, 7) is 2.37. The van der Waals surface area contributed by atoms with Crippen molar-refractivity contribution in [3.8, 4) is 0 Å². The number of carbonyl (C=O) groups excluding carboxylic acids is 1. The van der Waals surface area contributed by atoms with Crippen LogP contribution in [0.25, 0.3) is 0 Å². The van der Waals surface area contributed by atoms with Crippen LogP contribution >= 0.6 is 0 Å². The smallest absolute Gasteiger partial charge is 0.326 e. The van der Waals surface area contributed by atoms with Crippen LogP contribution in [0.5, 0.6) is 0 Å². The van der Waals surface area contributed by atoms with Crippen LogP contribution < -0.4 is 10.6 Å². The summed E-state index contributed by atoms with van der Waals surface area (Å²) in [6, 6.07) is -1.53. The standard InChI is InChI=1S/C11H22N2O4/c1-2-3-4-5-7-12-11(17)13-9(6-8-14)10(15)16/h9,14H,2-8H2,1H3,(H,15,16)(H2,12,13,17). The molecule has 17 heavy (non-hydrogen) atoms. The highest BCUT2D eigenvalue weighted by atomic mass is 16.4. The molecule has 4 N–H and O–H groups in total. The molecule has 0 fully saturated rings. The van der Waals surface area contributed by atoms with Gasteiger partial charge in [0.05, 0.1) is 0 Å². The second-order valence-corrected chi connectivity index (χ2v) is 3.86. The molecule has 0 aromatic rings. The van der Waals surface area contributed by atoms with Gasteiger partial charge in [0.1, 0.15) is 6.04 Å². The van der Waals surface area contributed by atoms with E-state index in [9.17, 15) is 9.59 Å². The zero-order chi connectivity index (χ0) is 13.1. The monoisotopic (exact) mass is 246 g/mol. The highest BCUT2D eigenvalue weighted by molar-refractivity contribution is 5.82. The molecule has 0 heterocycles. The number of urea groups is 1. The number of hydrogen-bond donors (Lipinski definition) is 4. The van der Waals surface area contributed by atoms with Crippen molar-refractivity contribution in [3.63, 3.8) is 0 Å². The van der Waals surface area contributed by atoms with Gasteiger partial charge < -0.3 is 20.8 Å². The summed E-state index contributed by atoms with van der Waals surface area (Å²) in [6.07, 6.45) is 4.21. The van der Waals surface area contributed by atoms with Gasteiger partial charge in [-0.15, -0.1) is 0 Å². The topological polar surface area (TPSA) is 98.7 Å². The molecule has 0 aromatic carbocycles. The molecule has 0 spiro atoms. The number of carboxylic acids is 1. The summed E-state index contributed by atoms with van der Waals surface area (Å²) in [5, 5.41) is 22.3. The van der Waals surface area contributed by atoms with Gasteiger partial charge in [-0.3, -0.25) is 0 Å². The number of carboxylic acid groups (broad SMARTS) is 1. The Bertz CT molecular complexity index is 234. The van der Waals surface area contributed by atoms with E-state index in [1.807, 2.05) is 0 Å². The molecule has 0 aliphatic heterocycles. The molecule has 1 unspecified atom stereocenters. The van der Waals surface area contributed by atoms with Crippen LogP contribution in [-0.2, 0) is 4.79 Å². The van der Waals surface area contributed by atoms with Crippen LogP contribution in [0.1, 0.15) is 39.0 Å². The maximum absolute atomic E-state index is 11.3. The fourth-order valence-electron chi connectivity index (χ4n) is 1.35. The molecule has 0 bridgehead atoms. The van der Waals surface area contributed by atoms with Gasteiger partial charge in [-0.1, -0.05) is 26.2 Å². The molecule has 0 aliphatic carbocycles. The van der Waals surface area contributed by atoms with Gasteiger partial charge in [0.2, 0.25) is 0 Å². The van der Waals surface area contributed by atoms with Gasteiger partial charge in [0.25, 0.3) is 0 Å². The van der Waals surface area contributed by atoms with Crippen molar-refractivity contribution in [2.45, 2.75) is 45.1 Å². The van der Waals surface area contributed by atoms with Gasteiger partial charge in [-0.2, -0.15) is 0 Å². The van der Waals surface area contributed by atoms with Crippen molar-refractivity contribution < 1.29 is 19.8 Å². The van der Waals surface area contributed by atoms with Crippen LogP contribution in [0.2, 0.25) is 0 Å². The van der Waals surface area contributed by atoms with E-state index in [1.165, 1.54) is 0 Å². The number of rotatable bonds is 9. The summed E-state index contributed by atoms with van der Waals surface area (Å²) in [5.41, 5.74) is 0. The summed E-state index contributed by atoms with van der Waals surface area (Å²) in [7, 11) is 0. The van der Waals surface area contributed by atoms with Crippen LogP contribution in [0.15, 0.2) is 0 Å². The Morgan fingerprint density at radius 2 is 1.94 bits per heavy atom. The minimum absolute atomic E-state index is 0.0125. The number of amides is 2. The SMILES string of the molecule is CCCCCCNC(=O)NC(CCO)C(=O)O. The Hall–Kier alpha value is -1.30. The number of aliphatic carboxylic acids is 1. The normalized spacial score (nSPS) is 11.9. The maximum atomic E-state index is 11.3. The Balaban J connectivity index is 3.71. The molecule has 0 saturated heterocycles. The Kier molecular flexibility index (Phi) is 9.14. The number of carbonyl (C=O) groups is 2. The van der Waals surface area contributed by atoms with Gasteiger partial charge in [0.15, 0.2) is 0 Å². The first kappa shape index (κ1) is 15.7. The lowest BCUT2D eigenvalue weighted by Crippen LogP contribution is -2.46. The van der Waals surface area contributed by atoms with E-state index in [4.69, 9.17) is 10.2 Å². The summed E-state index contributed by atoms with van der Waals surface area (Å²) >= 11 is 0. The fraction of sp³-hybridized carbons (Fsp3) is 0.818. The molecular formula is C11H22N2O4. The third kappa shape index (κ3) is 8.50. The Morgan fingerprint density at radius 3 is 2.47 bits per heavy atom. The molecular weight excluding hydrogens is 224 g/mol. The van der Waals surface area contributed by atoms with Crippen LogP contribution in [-0.4, -0.2) is 41.4 Å². The first-order valence-corrected chi connectivity index (χ1v) is 5.99. The highest BCUT2D eigenvalue weighted by Crippen LogP contribution is 1.97. The van der Waals surface area contributed by atoms with Crippen LogP contribution in [0.4, 0.5) is 4.79 Å². The third-order valence-electron chi connectivity index (χ3n) is 2.34. The van der Waals surface area contributed by atoms with Crippen molar-refractivity contribution in [3.05, 3.63) is 0 Å². The summed E-state index contributed by atoms with van der Waals surface area (Å²) in [5.74, 6) is -1.14. The molecule has 0 aliphatic rings. The number of unbranched alkanes of at least 4 members (excludes halogenated alkanes) is 3. The van der Waals surface area contributed by atoms with E-state index in [-0.39, 0.29) is 13.0 Å². The Morgan fingerprint density at radius 1 is 1.24 bits per heavy atom. The largest absolute Gasteiger partial charge is 0.480 e. The van der Waals surface area contributed by atoms with Crippen LogP contribution in [0.3, 0.4) is 0 Å². The molecule has 6 nitrogen and oxygen atoms in total. The zero-order valence-electron chi connectivity index (χ0n) is 10.2. The van der Waals surface area contributed by atoms with Crippen molar-refractivity contribution in [2.75, 3.05) is 13.2 Å². The Labute approximate surface area is 101 Å². The molecule has 0 radical (unpaired) electrons. The zero-order valence-corrected chi connectivity index (χ0v) is 10.2. The number of nitrogens with one attached hydrogen (secondary N) is 2. The highest BCUT2D eigenvalue weighted by Gasteiger charge is 2.18. The van der Waals surface area contributed by atoms with E-state index in [2.05, 4.69) is 17.6 Å². The number of hydrogen-bond acceptors (Lipinski definition) is 3. The molecule has 0 rings (SSSR count). The summed E-state index contributed by atoms with van der Waals surface area (Å²) < 4.78 is 0. The van der Waals surface area contributed by atoms with Crippen molar-refractivity contribution in [1.82, 2.24) is 10.6 Å². The molecule has 0 aromatic heterocycles. The average molecular weight is 246 g/mol. The molecule has 100 valence electrons. The fourth-order valence-corrected chi connectivity index (χ4v) is 1.35. The predicted molar refractivity (Wildman–Crippen MR) is 63.8 cm³/mol. The van der Waals surface area contributed by atoms with Crippen LogP contribution in [0, 0.1) is 0 Å². The van der Waals surface area contributed by atoms with Gasteiger partial charge in [-0.25, -0.2) is 9.59 Å². The minimum Gasteiger partial charge on any atom is -0.480 e. The number of aliphatic hydroxyl groups is 1. The van der Waals surface area contributed by atoms with Crippen molar-refractivity contribution >= 4 is 12.0 Å². The predicted octanol–water partition coefficient (Wildman–Crippen LogP) is 0.701. The molecule has 0 saturated carbocycles. The average Bonchev–Trinajstić information content (AvgIpc) is 2.28. The molecule has 2 amide bonds. The van der Waals surface area contributed by atoms with E-state index < -0.39 is 18.0 Å². The quantitative estimate of drug-likeness (QED) is 0.450. The lowest BCUT2D eigenvalue weighted by Gasteiger charge is -2.13. The van der Waals surface area contributed by atoms with Crippen molar-refractivity contribution in [1.29, 1.82) is 0 Å². The first-order chi connectivity index (χ1) is 8.11. The van der Waals surface area contributed by atoms with E-state index in [0.29, 0.717) is 6.54 Å². The van der Waals surface area contributed by atoms with E-state index in [1.54, 1.807) is 0 Å². The first-order valence-electron chi connectivity index (χ1n) is 5.99. The lowest BCUT2D eigenvalue weighted by molar-refractivity contribution is -0.139. The lowest BCUT2D eigenvalue weighted by atomic mass is 10.2. The maximum Gasteiger partial charge on any atom is 0.326 e. The van der Waals surface area contributed by atoms with Gasteiger partial charge >= 0.3 is 12.0 Å². The number of aliphatic hydroxyl groups excluding tert-OH is 1. The van der Waals surface area contributed by atoms with E-state index in [0.717, 1.165) is 25.7 Å². The molecule has 6 heteroatoms. The molecule has 1 atom stereocenters. The second-order valence-electron chi connectivity index (χ2n) is 3.86. The van der Waals surface area contributed by atoms with Gasteiger partial charge in [0, 0.05) is 19.6 Å². The second kappa shape index (κ2) is 9.89.